The highest BCUT2D eigenvalue weighted by Gasteiger charge is 2.72. The van der Waals surface area contributed by atoms with Crippen LogP contribution in [0.25, 0.3) is 0 Å². The molecule has 2 amide bonds. The van der Waals surface area contributed by atoms with Crippen molar-refractivity contribution in [3.8, 4) is 0 Å². The van der Waals surface area contributed by atoms with Gasteiger partial charge in [0.05, 0.1) is 24.1 Å². The third-order valence-electron chi connectivity index (χ3n) is 3.78. The average Bonchev–Trinajstić information content (AvgIpc) is 2.59. The summed E-state index contributed by atoms with van der Waals surface area (Å²) in [4.78, 5) is 25.3. The van der Waals surface area contributed by atoms with Gasteiger partial charge in [0.25, 0.3) is 0 Å². The van der Waals surface area contributed by atoms with E-state index in [1.54, 1.807) is 12.3 Å². The molecule has 2 aliphatic rings. The minimum atomic E-state index is -0.126. The van der Waals surface area contributed by atoms with Crippen molar-refractivity contribution in [1.29, 1.82) is 0 Å². The zero-order valence-electron chi connectivity index (χ0n) is 9.23. The Labute approximate surface area is 92.8 Å². The zero-order chi connectivity index (χ0) is 11.5. The lowest BCUT2D eigenvalue weighted by molar-refractivity contribution is -0.143. The Bertz CT molecular complexity index is 440. The summed E-state index contributed by atoms with van der Waals surface area (Å²) in [6.45, 7) is 4.28. The molecule has 1 aliphatic carbocycles. The third-order valence-corrected chi connectivity index (χ3v) is 3.78. The molecule has 0 radical (unpaired) electrons. The largest absolute Gasteiger partial charge is 0.281 e. The van der Waals surface area contributed by atoms with Crippen LogP contribution in [0.4, 0.5) is 0 Å². The SMILES string of the molecule is CC1(C)C2C(=O)N(Cc3ccn[nH]3)C(=O)C21. The number of carbonyl (C=O) groups excluding carboxylic acids is 2. The quantitative estimate of drug-likeness (QED) is 0.739. The first-order valence-corrected chi connectivity index (χ1v) is 5.37. The second-order valence-electron chi connectivity index (χ2n) is 5.12. The van der Waals surface area contributed by atoms with Gasteiger partial charge in [0.2, 0.25) is 11.8 Å². The van der Waals surface area contributed by atoms with Gasteiger partial charge in [-0.1, -0.05) is 13.8 Å². The number of aromatic amines is 1. The van der Waals surface area contributed by atoms with Crippen molar-refractivity contribution < 1.29 is 9.59 Å². The van der Waals surface area contributed by atoms with Crippen LogP contribution in [0.1, 0.15) is 19.5 Å². The predicted molar refractivity (Wildman–Crippen MR) is 54.9 cm³/mol. The fourth-order valence-electron chi connectivity index (χ4n) is 2.70. The number of carbonyl (C=O) groups is 2. The normalized spacial score (nSPS) is 30.8. The average molecular weight is 219 g/mol. The summed E-state index contributed by atoms with van der Waals surface area (Å²) in [5, 5.41) is 6.56. The van der Waals surface area contributed by atoms with Crippen molar-refractivity contribution in [2.24, 2.45) is 17.3 Å². The number of imide groups is 1. The van der Waals surface area contributed by atoms with Gasteiger partial charge in [0.15, 0.2) is 0 Å². The molecule has 0 bridgehead atoms. The van der Waals surface area contributed by atoms with E-state index in [1.807, 2.05) is 13.8 Å². The summed E-state index contributed by atoms with van der Waals surface area (Å²) < 4.78 is 0. The van der Waals surface area contributed by atoms with E-state index in [1.165, 1.54) is 4.90 Å². The standard InChI is InChI=1S/C11H13N3O2/c1-11(2)7-8(11)10(16)14(9(7)15)5-6-3-4-12-13-6/h3-4,7-8H,5H2,1-2H3,(H,12,13). The molecule has 16 heavy (non-hydrogen) atoms. The molecule has 0 aromatic carbocycles. The van der Waals surface area contributed by atoms with Gasteiger partial charge >= 0.3 is 0 Å². The first kappa shape index (κ1) is 9.57. The van der Waals surface area contributed by atoms with Crippen LogP contribution in [-0.4, -0.2) is 26.9 Å². The molecule has 1 saturated heterocycles. The number of nitrogens with zero attached hydrogens (tertiary/aromatic N) is 2. The predicted octanol–water partition coefficient (Wildman–Crippen LogP) is 0.551. The lowest BCUT2D eigenvalue weighted by atomic mass is 10.1. The van der Waals surface area contributed by atoms with E-state index >= 15 is 0 Å². The number of likely N-dealkylation sites (tertiary alicyclic amines) is 1. The van der Waals surface area contributed by atoms with Crippen LogP contribution in [0.3, 0.4) is 0 Å². The molecule has 0 spiro atoms. The smallest absolute Gasteiger partial charge is 0.234 e. The molecule has 2 atom stereocenters. The number of hydrogen-bond donors (Lipinski definition) is 1. The minimum Gasteiger partial charge on any atom is -0.281 e. The van der Waals surface area contributed by atoms with Crippen LogP contribution in [0.2, 0.25) is 0 Å². The summed E-state index contributed by atoms with van der Waals surface area (Å²) >= 11 is 0. The van der Waals surface area contributed by atoms with Crippen LogP contribution in [0.5, 0.6) is 0 Å². The second kappa shape index (κ2) is 2.72. The van der Waals surface area contributed by atoms with Gasteiger partial charge in [0, 0.05) is 6.20 Å². The molecule has 1 aliphatic heterocycles. The van der Waals surface area contributed by atoms with Gasteiger partial charge in [-0.05, 0) is 11.5 Å². The Morgan fingerprint density at radius 2 is 2.00 bits per heavy atom. The second-order valence-corrected chi connectivity index (χ2v) is 5.12. The number of rotatable bonds is 2. The lowest BCUT2D eigenvalue weighted by Crippen LogP contribution is -2.35. The van der Waals surface area contributed by atoms with Crippen LogP contribution in [-0.2, 0) is 16.1 Å². The van der Waals surface area contributed by atoms with Crippen molar-refractivity contribution in [3.63, 3.8) is 0 Å². The molecule has 1 N–H and O–H groups in total. The molecule has 5 heteroatoms. The molecule has 5 nitrogen and oxygen atoms in total. The number of amides is 2. The van der Waals surface area contributed by atoms with Gasteiger partial charge in [-0.3, -0.25) is 19.6 Å². The van der Waals surface area contributed by atoms with Gasteiger partial charge < -0.3 is 0 Å². The van der Waals surface area contributed by atoms with Crippen molar-refractivity contribution in [3.05, 3.63) is 18.0 Å². The van der Waals surface area contributed by atoms with Gasteiger partial charge in [-0.2, -0.15) is 5.10 Å². The maximum absolute atomic E-state index is 12.0. The first-order valence-electron chi connectivity index (χ1n) is 5.37. The molecule has 3 rings (SSSR count). The first-order chi connectivity index (χ1) is 7.53. The number of piperidine rings is 1. The molecule has 1 aromatic heterocycles. The Balaban J connectivity index is 1.81. The summed E-state index contributed by atoms with van der Waals surface area (Å²) in [5.41, 5.74) is 0.666. The highest BCUT2D eigenvalue weighted by molar-refractivity contribution is 6.10. The summed E-state index contributed by atoms with van der Waals surface area (Å²) in [6, 6.07) is 1.77. The van der Waals surface area contributed by atoms with Gasteiger partial charge in [-0.15, -0.1) is 0 Å². The van der Waals surface area contributed by atoms with E-state index in [9.17, 15) is 9.59 Å². The molecule has 2 unspecified atom stereocenters. The highest BCUT2D eigenvalue weighted by atomic mass is 16.2. The van der Waals surface area contributed by atoms with Crippen LogP contribution >= 0.6 is 0 Å². The number of H-pyrrole nitrogens is 1. The number of hydrogen-bond acceptors (Lipinski definition) is 3. The fourth-order valence-corrected chi connectivity index (χ4v) is 2.70. The van der Waals surface area contributed by atoms with E-state index in [0.29, 0.717) is 6.54 Å². The maximum atomic E-state index is 12.0. The van der Waals surface area contributed by atoms with Crippen LogP contribution < -0.4 is 0 Å². The molecular weight excluding hydrogens is 206 g/mol. The maximum Gasteiger partial charge on any atom is 0.234 e. The minimum absolute atomic E-state index is 0.0328. The van der Waals surface area contributed by atoms with E-state index < -0.39 is 0 Å². The fraction of sp³-hybridized carbons (Fsp3) is 0.545. The van der Waals surface area contributed by atoms with Crippen molar-refractivity contribution >= 4 is 11.8 Å². The van der Waals surface area contributed by atoms with E-state index in [4.69, 9.17) is 0 Å². The highest BCUT2D eigenvalue weighted by Crippen LogP contribution is 2.63. The Morgan fingerprint density at radius 1 is 1.38 bits per heavy atom. The van der Waals surface area contributed by atoms with Crippen LogP contribution in [0, 0.1) is 17.3 Å². The van der Waals surface area contributed by atoms with Crippen LogP contribution in [0.15, 0.2) is 12.3 Å². The molecule has 84 valence electrons. The van der Waals surface area contributed by atoms with Gasteiger partial charge in [-0.25, -0.2) is 0 Å². The van der Waals surface area contributed by atoms with Crippen molar-refractivity contribution in [2.45, 2.75) is 20.4 Å². The van der Waals surface area contributed by atoms with Crippen molar-refractivity contribution in [2.75, 3.05) is 0 Å². The molecule has 1 aromatic rings. The number of nitrogens with one attached hydrogen (secondary N) is 1. The number of fused-ring (bicyclic) bond motifs is 1. The van der Waals surface area contributed by atoms with Crippen molar-refractivity contribution in [1.82, 2.24) is 15.1 Å². The van der Waals surface area contributed by atoms with E-state index in [2.05, 4.69) is 10.2 Å². The van der Waals surface area contributed by atoms with E-state index in [-0.39, 0.29) is 29.1 Å². The van der Waals surface area contributed by atoms with E-state index in [0.717, 1.165) is 5.69 Å². The molecular formula is C11H13N3O2. The monoisotopic (exact) mass is 219 g/mol. The third kappa shape index (κ3) is 1.03. The lowest BCUT2D eigenvalue weighted by Gasteiger charge is -2.19. The molecule has 1 saturated carbocycles. The topological polar surface area (TPSA) is 66.1 Å². The summed E-state index contributed by atoms with van der Waals surface area (Å²) in [5.74, 6) is -0.255. The summed E-state index contributed by atoms with van der Waals surface area (Å²) in [7, 11) is 0. The molecule has 2 heterocycles. The van der Waals surface area contributed by atoms with Gasteiger partial charge in [0.1, 0.15) is 0 Å². The summed E-state index contributed by atoms with van der Waals surface area (Å²) in [6.07, 6.45) is 1.62. The Hall–Kier alpha value is -1.65. The molecule has 2 fully saturated rings. The Morgan fingerprint density at radius 3 is 2.50 bits per heavy atom. The number of aromatic nitrogens is 2. The zero-order valence-corrected chi connectivity index (χ0v) is 9.23. The Kier molecular flexibility index (Phi) is 1.63.